The Kier molecular flexibility index (Phi) is 4.35. The molecular formula is C14H13ClF2N2. The molecule has 100 valence electrons. The lowest BCUT2D eigenvalue weighted by Gasteiger charge is -2.19. The minimum atomic E-state index is -0.448. The third kappa shape index (κ3) is 3.43. The lowest BCUT2D eigenvalue weighted by Crippen LogP contribution is -2.21. The molecule has 0 radical (unpaired) electrons. The normalized spacial score (nSPS) is 12.2. The molecular weight excluding hydrogens is 270 g/mol. The highest BCUT2D eigenvalue weighted by Crippen LogP contribution is 2.24. The van der Waals surface area contributed by atoms with Crippen molar-refractivity contribution in [1.29, 1.82) is 0 Å². The summed E-state index contributed by atoms with van der Waals surface area (Å²) in [5, 5.41) is 3.22. The first kappa shape index (κ1) is 13.8. The average Bonchev–Trinajstić information content (AvgIpc) is 2.36. The summed E-state index contributed by atoms with van der Waals surface area (Å²) in [5.41, 5.74) is 6.55. The molecule has 0 aliphatic heterocycles. The molecule has 0 bridgehead atoms. The van der Waals surface area contributed by atoms with Gasteiger partial charge in [-0.15, -0.1) is 0 Å². The highest BCUT2D eigenvalue weighted by molar-refractivity contribution is 6.30. The maximum absolute atomic E-state index is 13.6. The van der Waals surface area contributed by atoms with Gasteiger partial charge in [-0.3, -0.25) is 0 Å². The van der Waals surface area contributed by atoms with E-state index in [-0.39, 0.29) is 17.4 Å². The zero-order valence-electron chi connectivity index (χ0n) is 10.0. The van der Waals surface area contributed by atoms with Crippen molar-refractivity contribution < 1.29 is 8.78 Å². The summed E-state index contributed by atoms with van der Waals surface area (Å²) < 4.78 is 26.9. The van der Waals surface area contributed by atoms with Gasteiger partial charge in [0.25, 0.3) is 0 Å². The minimum Gasteiger partial charge on any atom is -0.375 e. The van der Waals surface area contributed by atoms with Crippen LogP contribution in [-0.4, -0.2) is 6.54 Å². The Bertz CT molecular complexity index is 555. The molecule has 5 heteroatoms. The number of nitrogens with one attached hydrogen (secondary N) is 1. The fourth-order valence-corrected chi connectivity index (χ4v) is 2.05. The molecule has 1 atom stereocenters. The van der Waals surface area contributed by atoms with Crippen molar-refractivity contribution in [2.75, 3.05) is 11.9 Å². The van der Waals surface area contributed by atoms with Gasteiger partial charge >= 0.3 is 0 Å². The van der Waals surface area contributed by atoms with E-state index in [1.165, 1.54) is 18.2 Å². The summed E-state index contributed by atoms with van der Waals surface area (Å²) in [6.07, 6.45) is 0. The van der Waals surface area contributed by atoms with Gasteiger partial charge in [-0.2, -0.15) is 0 Å². The molecule has 0 fully saturated rings. The van der Waals surface area contributed by atoms with Crippen LogP contribution in [0, 0.1) is 11.6 Å². The fraction of sp³-hybridized carbons (Fsp3) is 0.143. The number of hydrogen-bond acceptors (Lipinski definition) is 2. The first-order valence-electron chi connectivity index (χ1n) is 5.77. The van der Waals surface area contributed by atoms with Crippen molar-refractivity contribution >= 4 is 17.3 Å². The number of anilines is 1. The first-order valence-corrected chi connectivity index (χ1v) is 6.15. The zero-order chi connectivity index (χ0) is 13.8. The van der Waals surface area contributed by atoms with Crippen molar-refractivity contribution in [1.82, 2.24) is 0 Å². The largest absolute Gasteiger partial charge is 0.375 e. The molecule has 3 N–H and O–H groups in total. The van der Waals surface area contributed by atoms with Gasteiger partial charge in [0.15, 0.2) is 0 Å². The Morgan fingerprint density at radius 3 is 2.53 bits per heavy atom. The number of benzene rings is 2. The summed E-state index contributed by atoms with van der Waals surface area (Å²) in [4.78, 5) is 0. The number of halogens is 3. The summed E-state index contributed by atoms with van der Waals surface area (Å²) in [6, 6.07) is 9.97. The maximum Gasteiger partial charge on any atom is 0.146 e. The molecule has 19 heavy (non-hydrogen) atoms. The van der Waals surface area contributed by atoms with E-state index in [9.17, 15) is 8.78 Å². The maximum atomic E-state index is 13.6. The van der Waals surface area contributed by atoms with E-state index in [0.29, 0.717) is 11.3 Å². The van der Waals surface area contributed by atoms with Crippen molar-refractivity contribution in [2.24, 2.45) is 5.73 Å². The third-order valence-electron chi connectivity index (χ3n) is 2.73. The Morgan fingerprint density at radius 1 is 1.16 bits per heavy atom. The van der Waals surface area contributed by atoms with Gasteiger partial charge < -0.3 is 11.1 Å². The summed E-state index contributed by atoms with van der Waals surface area (Å²) in [5.74, 6) is -0.834. The van der Waals surface area contributed by atoms with Crippen molar-refractivity contribution in [3.05, 3.63) is 64.7 Å². The van der Waals surface area contributed by atoms with Gasteiger partial charge in [-0.25, -0.2) is 8.78 Å². The lowest BCUT2D eigenvalue weighted by molar-refractivity contribution is 0.618. The Labute approximate surface area is 115 Å². The second-order valence-corrected chi connectivity index (χ2v) is 4.55. The van der Waals surface area contributed by atoms with Gasteiger partial charge in [0.2, 0.25) is 0 Å². The van der Waals surface area contributed by atoms with Crippen LogP contribution in [0.5, 0.6) is 0 Å². The molecule has 2 rings (SSSR count). The van der Waals surface area contributed by atoms with Gasteiger partial charge in [0.1, 0.15) is 11.6 Å². The van der Waals surface area contributed by atoms with Gasteiger partial charge in [-0.05, 0) is 35.9 Å². The molecule has 0 spiro atoms. The van der Waals surface area contributed by atoms with Crippen LogP contribution in [0.4, 0.5) is 14.5 Å². The lowest BCUT2D eigenvalue weighted by atomic mass is 10.1. The predicted octanol–water partition coefficient (Wildman–Crippen LogP) is 3.73. The Balaban J connectivity index is 2.28. The molecule has 0 saturated heterocycles. The molecule has 0 aromatic heterocycles. The Hall–Kier alpha value is -1.65. The first-order chi connectivity index (χ1) is 9.10. The Morgan fingerprint density at radius 2 is 1.89 bits per heavy atom. The number of nitrogens with two attached hydrogens (primary N) is 1. The van der Waals surface area contributed by atoms with Gasteiger partial charge in [0.05, 0.1) is 11.7 Å². The van der Waals surface area contributed by atoms with E-state index in [2.05, 4.69) is 5.32 Å². The van der Waals surface area contributed by atoms with E-state index >= 15 is 0 Å². The standard InChI is InChI=1S/C14H13ClF2N2/c15-10-5-9(6-11(16)7-10)14(8-18)19-13-4-2-1-3-12(13)17/h1-7,14,19H,8,18H2. The quantitative estimate of drug-likeness (QED) is 0.897. The van der Waals surface area contributed by atoms with E-state index in [1.54, 1.807) is 24.3 Å². The molecule has 2 nitrogen and oxygen atoms in total. The molecule has 0 amide bonds. The van der Waals surface area contributed by atoms with E-state index in [0.717, 1.165) is 0 Å². The van der Waals surface area contributed by atoms with Crippen molar-refractivity contribution in [3.63, 3.8) is 0 Å². The fourth-order valence-electron chi connectivity index (χ4n) is 1.82. The van der Waals surface area contributed by atoms with E-state index in [1.807, 2.05) is 0 Å². The van der Waals surface area contributed by atoms with Crippen LogP contribution in [0.1, 0.15) is 11.6 Å². The van der Waals surface area contributed by atoms with Crippen LogP contribution in [0.2, 0.25) is 5.02 Å². The molecule has 0 heterocycles. The average molecular weight is 283 g/mol. The molecule has 2 aromatic carbocycles. The van der Waals surface area contributed by atoms with Crippen LogP contribution < -0.4 is 11.1 Å². The monoisotopic (exact) mass is 282 g/mol. The van der Waals surface area contributed by atoms with Crippen molar-refractivity contribution in [2.45, 2.75) is 6.04 Å². The molecule has 0 aliphatic carbocycles. The van der Waals surface area contributed by atoms with Crippen molar-refractivity contribution in [3.8, 4) is 0 Å². The molecule has 0 aliphatic rings. The topological polar surface area (TPSA) is 38.0 Å². The summed E-state index contributed by atoms with van der Waals surface area (Å²) in [6.45, 7) is 0.189. The van der Waals surface area contributed by atoms with Crippen LogP contribution in [0.3, 0.4) is 0 Å². The smallest absolute Gasteiger partial charge is 0.146 e. The minimum absolute atomic E-state index is 0.189. The highest BCUT2D eigenvalue weighted by Gasteiger charge is 2.13. The molecule has 1 unspecified atom stereocenters. The van der Waals surface area contributed by atoms with Crippen LogP contribution in [0.25, 0.3) is 0 Å². The summed E-state index contributed by atoms with van der Waals surface area (Å²) in [7, 11) is 0. The van der Waals surface area contributed by atoms with Crippen LogP contribution >= 0.6 is 11.6 Å². The number of hydrogen-bond donors (Lipinski definition) is 2. The predicted molar refractivity (Wildman–Crippen MR) is 73.2 cm³/mol. The van der Waals surface area contributed by atoms with Crippen LogP contribution in [0.15, 0.2) is 42.5 Å². The number of rotatable bonds is 4. The highest BCUT2D eigenvalue weighted by atomic mass is 35.5. The van der Waals surface area contributed by atoms with Gasteiger partial charge in [0, 0.05) is 11.6 Å². The van der Waals surface area contributed by atoms with E-state index in [4.69, 9.17) is 17.3 Å². The van der Waals surface area contributed by atoms with Gasteiger partial charge in [-0.1, -0.05) is 23.7 Å². The second-order valence-electron chi connectivity index (χ2n) is 4.12. The number of para-hydroxylation sites is 1. The van der Waals surface area contributed by atoms with E-state index < -0.39 is 11.9 Å². The SMILES string of the molecule is NCC(Nc1ccccc1F)c1cc(F)cc(Cl)c1. The second kappa shape index (κ2) is 5.99. The molecule has 0 saturated carbocycles. The molecule has 2 aromatic rings. The third-order valence-corrected chi connectivity index (χ3v) is 2.94. The van der Waals surface area contributed by atoms with Crippen LogP contribution in [-0.2, 0) is 0 Å². The zero-order valence-corrected chi connectivity index (χ0v) is 10.8. The summed E-state index contributed by atoms with van der Waals surface area (Å²) >= 11 is 5.80.